The molecule has 1 rings (SSSR count). The van der Waals surface area contributed by atoms with Gasteiger partial charge in [-0.25, -0.2) is 0 Å². The number of hydrogen-bond donors (Lipinski definition) is 0. The molecule has 0 N–H and O–H groups in total. The SMILES string of the molecule is O=CC(Br)C(=O)CN1CCOCC1. The van der Waals surface area contributed by atoms with Crippen LogP contribution >= 0.6 is 15.9 Å². The largest absolute Gasteiger partial charge is 0.379 e. The Kier molecular flexibility index (Phi) is 4.55. The normalized spacial score (nSPS) is 21.0. The molecular formula is C8H12BrNO3. The molecule has 0 aromatic rings. The van der Waals surface area contributed by atoms with Crippen molar-refractivity contribution >= 4 is 28.0 Å². The second-order valence-corrected chi connectivity index (χ2v) is 3.88. The van der Waals surface area contributed by atoms with E-state index in [0.29, 0.717) is 26.0 Å². The third kappa shape index (κ3) is 3.54. The summed E-state index contributed by atoms with van der Waals surface area (Å²) in [5.74, 6) is -0.0862. The molecule has 1 atom stereocenters. The summed E-state index contributed by atoms with van der Waals surface area (Å²) in [7, 11) is 0. The number of carbonyl (C=O) groups excluding carboxylic acids is 2. The summed E-state index contributed by atoms with van der Waals surface area (Å²) >= 11 is 2.99. The second kappa shape index (κ2) is 5.47. The van der Waals surface area contributed by atoms with Crippen molar-refractivity contribution in [2.75, 3.05) is 32.8 Å². The lowest BCUT2D eigenvalue weighted by Gasteiger charge is -2.25. The Labute approximate surface area is 85.4 Å². The molecule has 1 unspecified atom stereocenters. The van der Waals surface area contributed by atoms with E-state index in [1.165, 1.54) is 0 Å². The first-order chi connectivity index (χ1) is 6.24. The van der Waals surface area contributed by atoms with Crippen LogP contribution in [-0.2, 0) is 14.3 Å². The highest BCUT2D eigenvalue weighted by Gasteiger charge is 2.18. The van der Waals surface area contributed by atoms with E-state index in [-0.39, 0.29) is 5.78 Å². The molecule has 0 spiro atoms. The molecule has 0 aliphatic carbocycles. The number of nitrogens with zero attached hydrogens (tertiary/aromatic N) is 1. The molecule has 1 aliphatic rings. The minimum Gasteiger partial charge on any atom is -0.379 e. The maximum Gasteiger partial charge on any atom is 0.167 e. The van der Waals surface area contributed by atoms with E-state index in [2.05, 4.69) is 15.9 Å². The monoisotopic (exact) mass is 249 g/mol. The number of ketones is 1. The topological polar surface area (TPSA) is 46.6 Å². The van der Waals surface area contributed by atoms with E-state index in [1.807, 2.05) is 4.90 Å². The first-order valence-electron chi connectivity index (χ1n) is 4.16. The third-order valence-corrected chi connectivity index (χ3v) is 2.64. The zero-order valence-electron chi connectivity index (χ0n) is 7.24. The number of morpholine rings is 1. The third-order valence-electron chi connectivity index (χ3n) is 1.91. The Balaban J connectivity index is 2.29. The summed E-state index contributed by atoms with van der Waals surface area (Å²) in [5.41, 5.74) is 0. The van der Waals surface area contributed by atoms with Gasteiger partial charge < -0.3 is 9.53 Å². The first-order valence-corrected chi connectivity index (χ1v) is 5.08. The highest BCUT2D eigenvalue weighted by molar-refractivity contribution is 9.10. The van der Waals surface area contributed by atoms with Crippen LogP contribution in [0, 0.1) is 0 Å². The average molecular weight is 250 g/mol. The molecule has 1 saturated heterocycles. The zero-order chi connectivity index (χ0) is 9.68. The molecule has 0 aromatic heterocycles. The van der Waals surface area contributed by atoms with Crippen molar-refractivity contribution in [3.05, 3.63) is 0 Å². The van der Waals surface area contributed by atoms with Gasteiger partial charge >= 0.3 is 0 Å². The fourth-order valence-corrected chi connectivity index (χ4v) is 1.29. The van der Waals surface area contributed by atoms with Gasteiger partial charge in [-0.2, -0.15) is 0 Å². The van der Waals surface area contributed by atoms with Crippen molar-refractivity contribution in [3.63, 3.8) is 0 Å². The van der Waals surface area contributed by atoms with Crippen LogP contribution < -0.4 is 0 Å². The molecule has 4 nitrogen and oxygen atoms in total. The van der Waals surface area contributed by atoms with Gasteiger partial charge in [0.1, 0.15) is 11.1 Å². The van der Waals surface area contributed by atoms with E-state index in [9.17, 15) is 9.59 Å². The number of carbonyl (C=O) groups is 2. The average Bonchev–Trinajstić information content (AvgIpc) is 2.18. The molecule has 1 aliphatic heterocycles. The summed E-state index contributed by atoms with van der Waals surface area (Å²) in [4.78, 5) is 22.9. The van der Waals surface area contributed by atoms with Crippen LogP contribution in [-0.4, -0.2) is 54.6 Å². The number of halogens is 1. The van der Waals surface area contributed by atoms with Crippen molar-refractivity contribution in [2.45, 2.75) is 4.83 Å². The number of rotatable bonds is 4. The Morgan fingerprint density at radius 2 is 2.15 bits per heavy atom. The maximum atomic E-state index is 11.3. The maximum absolute atomic E-state index is 11.3. The Morgan fingerprint density at radius 1 is 1.54 bits per heavy atom. The summed E-state index contributed by atoms with van der Waals surface area (Å²) in [6.07, 6.45) is 0.614. The smallest absolute Gasteiger partial charge is 0.167 e. The fourth-order valence-electron chi connectivity index (χ4n) is 1.14. The predicted molar refractivity (Wildman–Crippen MR) is 51.0 cm³/mol. The molecule has 1 heterocycles. The molecule has 74 valence electrons. The second-order valence-electron chi connectivity index (χ2n) is 2.89. The Hall–Kier alpha value is -0.260. The van der Waals surface area contributed by atoms with Crippen LogP contribution in [0.15, 0.2) is 0 Å². The molecular weight excluding hydrogens is 238 g/mol. The molecule has 0 radical (unpaired) electrons. The minimum atomic E-state index is -0.657. The van der Waals surface area contributed by atoms with E-state index < -0.39 is 4.83 Å². The molecule has 0 aromatic carbocycles. The van der Waals surface area contributed by atoms with Gasteiger partial charge in [0.25, 0.3) is 0 Å². The predicted octanol–water partition coefficient (Wildman–Crippen LogP) is -0.150. The van der Waals surface area contributed by atoms with Gasteiger partial charge in [-0.1, -0.05) is 15.9 Å². The van der Waals surface area contributed by atoms with Gasteiger partial charge in [0.05, 0.1) is 19.8 Å². The quantitative estimate of drug-likeness (QED) is 0.395. The van der Waals surface area contributed by atoms with Crippen LogP contribution in [0.2, 0.25) is 0 Å². The number of Topliss-reactive ketones (excluding diaryl/α,β-unsaturated/α-hetero) is 1. The number of aldehydes is 1. The van der Waals surface area contributed by atoms with Crippen molar-refractivity contribution in [1.29, 1.82) is 0 Å². The summed E-state index contributed by atoms with van der Waals surface area (Å²) in [5, 5.41) is 0. The van der Waals surface area contributed by atoms with Gasteiger partial charge in [0.15, 0.2) is 5.78 Å². The van der Waals surface area contributed by atoms with Crippen LogP contribution in [0.4, 0.5) is 0 Å². The summed E-state index contributed by atoms with van der Waals surface area (Å²) < 4.78 is 5.13. The molecule has 0 amide bonds. The Bertz CT molecular complexity index is 192. The summed E-state index contributed by atoms with van der Waals surface area (Å²) in [6.45, 7) is 3.20. The fraction of sp³-hybridized carbons (Fsp3) is 0.750. The lowest BCUT2D eigenvalue weighted by Crippen LogP contribution is -2.41. The van der Waals surface area contributed by atoms with Gasteiger partial charge in [0.2, 0.25) is 0 Å². The van der Waals surface area contributed by atoms with E-state index in [0.717, 1.165) is 13.1 Å². The van der Waals surface area contributed by atoms with Crippen molar-refractivity contribution in [1.82, 2.24) is 4.90 Å². The van der Waals surface area contributed by atoms with Crippen molar-refractivity contribution < 1.29 is 14.3 Å². The van der Waals surface area contributed by atoms with Crippen LogP contribution in [0.1, 0.15) is 0 Å². The van der Waals surface area contributed by atoms with Crippen LogP contribution in [0.5, 0.6) is 0 Å². The van der Waals surface area contributed by atoms with Crippen LogP contribution in [0.25, 0.3) is 0 Å². The highest BCUT2D eigenvalue weighted by atomic mass is 79.9. The lowest BCUT2D eigenvalue weighted by molar-refractivity contribution is -0.123. The molecule has 0 bridgehead atoms. The number of hydrogen-bond acceptors (Lipinski definition) is 4. The van der Waals surface area contributed by atoms with Crippen molar-refractivity contribution in [2.24, 2.45) is 0 Å². The van der Waals surface area contributed by atoms with Gasteiger partial charge in [-0.3, -0.25) is 9.69 Å². The van der Waals surface area contributed by atoms with Crippen LogP contribution in [0.3, 0.4) is 0 Å². The van der Waals surface area contributed by atoms with Gasteiger partial charge in [-0.15, -0.1) is 0 Å². The molecule has 5 heteroatoms. The summed E-state index contributed by atoms with van der Waals surface area (Å²) in [6, 6.07) is 0. The Morgan fingerprint density at radius 3 is 2.69 bits per heavy atom. The standard InChI is InChI=1S/C8H12BrNO3/c9-7(6-11)8(12)5-10-1-3-13-4-2-10/h6-7H,1-5H2. The number of ether oxygens (including phenoxy) is 1. The number of alkyl halides is 1. The minimum absolute atomic E-state index is 0.0862. The first kappa shape index (κ1) is 10.8. The van der Waals surface area contributed by atoms with E-state index >= 15 is 0 Å². The van der Waals surface area contributed by atoms with E-state index in [1.54, 1.807) is 0 Å². The highest BCUT2D eigenvalue weighted by Crippen LogP contribution is 2.02. The molecule has 13 heavy (non-hydrogen) atoms. The lowest BCUT2D eigenvalue weighted by atomic mass is 10.2. The zero-order valence-corrected chi connectivity index (χ0v) is 8.83. The van der Waals surface area contributed by atoms with Gasteiger partial charge in [0, 0.05) is 13.1 Å². The van der Waals surface area contributed by atoms with Gasteiger partial charge in [-0.05, 0) is 0 Å². The van der Waals surface area contributed by atoms with E-state index in [4.69, 9.17) is 4.74 Å². The van der Waals surface area contributed by atoms with Crippen molar-refractivity contribution in [3.8, 4) is 0 Å². The molecule has 0 saturated carbocycles. The molecule has 1 fully saturated rings.